The fourth-order valence-electron chi connectivity index (χ4n) is 4.77. The number of carbonyl (C=O) groups is 5. The van der Waals surface area contributed by atoms with Gasteiger partial charge in [0.25, 0.3) is 5.91 Å². The van der Waals surface area contributed by atoms with Crippen molar-refractivity contribution in [2.24, 2.45) is 0 Å². The van der Waals surface area contributed by atoms with Crippen molar-refractivity contribution >= 4 is 29.5 Å². The smallest absolute Gasteiger partial charge is 0.255 e. The molecule has 1 fully saturated rings. The Kier molecular flexibility index (Phi) is 9.94. The molecule has 0 saturated carbocycles. The lowest BCUT2D eigenvalue weighted by molar-refractivity contribution is -0.138. The van der Waals surface area contributed by atoms with Crippen molar-refractivity contribution in [1.82, 2.24) is 25.8 Å². The van der Waals surface area contributed by atoms with Gasteiger partial charge in [0.15, 0.2) is 0 Å². The van der Waals surface area contributed by atoms with Gasteiger partial charge in [0, 0.05) is 39.5 Å². The van der Waals surface area contributed by atoms with Gasteiger partial charge < -0.3 is 30.5 Å². The van der Waals surface area contributed by atoms with Crippen LogP contribution in [0.4, 0.5) is 0 Å². The topological polar surface area (TPSA) is 137 Å². The summed E-state index contributed by atoms with van der Waals surface area (Å²) >= 11 is 0. The molecule has 41 heavy (non-hydrogen) atoms. The van der Waals surface area contributed by atoms with Gasteiger partial charge in [-0.3, -0.25) is 24.0 Å². The number of likely N-dealkylation sites (tertiary alicyclic amines) is 1. The van der Waals surface area contributed by atoms with Gasteiger partial charge in [-0.25, -0.2) is 0 Å². The molecule has 2 aromatic rings. The normalized spacial score (nSPS) is 20.7. The van der Waals surface area contributed by atoms with E-state index < -0.39 is 23.9 Å². The third kappa shape index (κ3) is 7.84. The molecule has 2 heterocycles. The zero-order valence-electron chi connectivity index (χ0n) is 23.5. The first-order chi connectivity index (χ1) is 19.7. The summed E-state index contributed by atoms with van der Waals surface area (Å²) in [6.07, 6.45) is 1.47. The first-order valence-corrected chi connectivity index (χ1v) is 13.9. The Morgan fingerprint density at radius 2 is 1.73 bits per heavy atom. The number of rotatable bonds is 5. The lowest BCUT2D eigenvalue weighted by Gasteiger charge is -2.25. The van der Waals surface area contributed by atoms with Gasteiger partial charge >= 0.3 is 0 Å². The summed E-state index contributed by atoms with van der Waals surface area (Å²) in [5.41, 5.74) is 2.11. The lowest BCUT2D eigenvalue weighted by atomic mass is 10.1. The standard InChI is InChI=1S/C30H37N5O6/c1-20-28(38)31-15-17-41-25-7-4-3-6-23(25)29(39)33-24(13-14-26(36)34(20)2)30(40)32-18-21-9-11-22(12-10-21)19-35-16-5-8-27(35)37/h3-4,6-7,9-12,20,24H,5,8,13-19H2,1-2H3,(H,31,38)(H,32,40)(H,33,39)/t20-,24-/m0/s1. The van der Waals surface area contributed by atoms with E-state index in [2.05, 4.69) is 16.0 Å². The minimum atomic E-state index is -0.998. The maximum Gasteiger partial charge on any atom is 0.255 e. The Balaban J connectivity index is 1.45. The average molecular weight is 564 g/mol. The molecule has 0 radical (unpaired) electrons. The average Bonchev–Trinajstić information content (AvgIpc) is 3.39. The summed E-state index contributed by atoms with van der Waals surface area (Å²) in [5, 5.41) is 8.36. The van der Waals surface area contributed by atoms with Gasteiger partial charge in [0.1, 0.15) is 24.4 Å². The maximum absolute atomic E-state index is 13.3. The maximum atomic E-state index is 13.3. The van der Waals surface area contributed by atoms with Crippen molar-refractivity contribution in [3.8, 4) is 5.75 Å². The summed E-state index contributed by atoms with van der Waals surface area (Å²) in [6, 6.07) is 12.6. The number of likely N-dealkylation sites (N-methyl/N-ethyl adjacent to an activating group) is 1. The molecule has 2 aromatic carbocycles. The van der Waals surface area contributed by atoms with Gasteiger partial charge in [-0.15, -0.1) is 0 Å². The molecular formula is C30H37N5O6. The predicted octanol–water partition coefficient (Wildman–Crippen LogP) is 1.36. The molecule has 1 saturated heterocycles. The highest BCUT2D eigenvalue weighted by Crippen LogP contribution is 2.19. The highest BCUT2D eigenvalue weighted by molar-refractivity contribution is 5.99. The van der Waals surface area contributed by atoms with Gasteiger partial charge in [0.05, 0.1) is 12.1 Å². The molecule has 5 amide bonds. The van der Waals surface area contributed by atoms with E-state index in [0.717, 1.165) is 24.1 Å². The molecule has 3 N–H and O–H groups in total. The molecule has 4 rings (SSSR count). The molecule has 0 unspecified atom stereocenters. The summed E-state index contributed by atoms with van der Waals surface area (Å²) < 4.78 is 5.75. The zero-order valence-corrected chi connectivity index (χ0v) is 23.5. The summed E-state index contributed by atoms with van der Waals surface area (Å²) in [6.45, 7) is 3.50. The van der Waals surface area contributed by atoms with Crippen LogP contribution in [0.15, 0.2) is 48.5 Å². The number of fused-ring (bicyclic) bond motifs is 1. The highest BCUT2D eigenvalue weighted by Gasteiger charge is 2.27. The summed E-state index contributed by atoms with van der Waals surface area (Å²) in [4.78, 5) is 66.9. The SMILES string of the molecule is C[C@H]1C(=O)NCCOc2ccccc2C(=O)N[C@H](C(=O)NCc2ccc(CN3CCCC3=O)cc2)CCC(=O)N1C. The van der Waals surface area contributed by atoms with E-state index in [1.165, 1.54) is 11.9 Å². The van der Waals surface area contributed by atoms with Crippen LogP contribution < -0.4 is 20.7 Å². The lowest BCUT2D eigenvalue weighted by Crippen LogP contribution is -2.48. The van der Waals surface area contributed by atoms with E-state index in [4.69, 9.17) is 4.74 Å². The van der Waals surface area contributed by atoms with Crippen LogP contribution in [-0.4, -0.2) is 78.2 Å². The van der Waals surface area contributed by atoms with Crippen molar-refractivity contribution in [1.29, 1.82) is 0 Å². The second kappa shape index (κ2) is 13.8. The molecular weight excluding hydrogens is 526 g/mol. The quantitative estimate of drug-likeness (QED) is 0.503. The van der Waals surface area contributed by atoms with Crippen LogP contribution in [-0.2, 0) is 32.3 Å². The molecule has 0 aromatic heterocycles. The van der Waals surface area contributed by atoms with Crippen LogP contribution in [0.1, 0.15) is 54.1 Å². The molecule has 11 heteroatoms. The second-order valence-corrected chi connectivity index (χ2v) is 10.3. The van der Waals surface area contributed by atoms with Crippen LogP contribution in [0.3, 0.4) is 0 Å². The molecule has 0 aliphatic carbocycles. The molecule has 11 nitrogen and oxygen atoms in total. The largest absolute Gasteiger partial charge is 0.491 e. The van der Waals surface area contributed by atoms with E-state index in [1.807, 2.05) is 29.2 Å². The monoisotopic (exact) mass is 563 g/mol. The zero-order chi connectivity index (χ0) is 29.4. The molecule has 2 atom stereocenters. The number of amides is 5. The third-order valence-electron chi connectivity index (χ3n) is 7.45. The van der Waals surface area contributed by atoms with Crippen LogP contribution in [0.25, 0.3) is 0 Å². The number of hydrogen-bond acceptors (Lipinski definition) is 6. The van der Waals surface area contributed by atoms with E-state index >= 15 is 0 Å². The Morgan fingerprint density at radius 1 is 1.00 bits per heavy atom. The molecule has 0 bridgehead atoms. The molecule has 2 aliphatic heterocycles. The van der Waals surface area contributed by atoms with E-state index in [9.17, 15) is 24.0 Å². The Bertz CT molecular complexity index is 1280. The van der Waals surface area contributed by atoms with Crippen molar-refractivity contribution in [2.75, 3.05) is 26.7 Å². The number of ether oxygens (including phenoxy) is 1. The number of nitrogens with one attached hydrogen (secondary N) is 3. The van der Waals surface area contributed by atoms with Crippen LogP contribution in [0.5, 0.6) is 5.75 Å². The van der Waals surface area contributed by atoms with Crippen molar-refractivity contribution in [3.05, 3.63) is 65.2 Å². The number of benzene rings is 2. The summed E-state index contributed by atoms with van der Waals surface area (Å²) in [5.74, 6) is -1.10. The fourth-order valence-corrected chi connectivity index (χ4v) is 4.77. The van der Waals surface area contributed by atoms with E-state index in [1.54, 1.807) is 31.2 Å². The molecule has 0 spiro atoms. The van der Waals surface area contributed by atoms with E-state index in [0.29, 0.717) is 18.7 Å². The number of carbonyl (C=O) groups excluding carboxylic acids is 5. The Labute approximate surface area is 239 Å². The molecule has 218 valence electrons. The second-order valence-electron chi connectivity index (χ2n) is 10.3. The van der Waals surface area contributed by atoms with Crippen LogP contribution in [0.2, 0.25) is 0 Å². The minimum absolute atomic E-state index is 0.0426. The third-order valence-corrected chi connectivity index (χ3v) is 7.45. The van der Waals surface area contributed by atoms with Gasteiger partial charge in [-0.05, 0) is 43.0 Å². The first-order valence-electron chi connectivity index (χ1n) is 13.9. The molecule has 2 aliphatic rings. The van der Waals surface area contributed by atoms with Gasteiger partial charge in [-0.2, -0.15) is 0 Å². The first kappa shape index (κ1) is 29.6. The number of hydrogen-bond donors (Lipinski definition) is 3. The van der Waals surface area contributed by atoms with Crippen LogP contribution >= 0.6 is 0 Å². The van der Waals surface area contributed by atoms with E-state index in [-0.39, 0.29) is 55.8 Å². The summed E-state index contributed by atoms with van der Waals surface area (Å²) in [7, 11) is 1.54. The Hall–Kier alpha value is -4.41. The minimum Gasteiger partial charge on any atom is -0.491 e. The Morgan fingerprint density at radius 3 is 2.46 bits per heavy atom. The highest BCUT2D eigenvalue weighted by atomic mass is 16.5. The van der Waals surface area contributed by atoms with Crippen molar-refractivity contribution < 1.29 is 28.7 Å². The number of nitrogens with zero attached hydrogens (tertiary/aromatic N) is 2. The number of para-hydroxylation sites is 1. The van der Waals surface area contributed by atoms with Gasteiger partial charge in [-0.1, -0.05) is 36.4 Å². The van der Waals surface area contributed by atoms with Crippen LogP contribution in [0, 0.1) is 0 Å². The van der Waals surface area contributed by atoms with Crippen molar-refractivity contribution in [2.45, 2.75) is 57.8 Å². The van der Waals surface area contributed by atoms with Gasteiger partial charge in [0.2, 0.25) is 23.6 Å². The van der Waals surface area contributed by atoms with Crippen molar-refractivity contribution in [3.63, 3.8) is 0 Å². The fraction of sp³-hybridized carbons (Fsp3) is 0.433. The predicted molar refractivity (Wildman–Crippen MR) is 151 cm³/mol.